The highest BCUT2D eigenvalue weighted by Crippen LogP contribution is 2.16. The molecule has 0 aromatic carbocycles. The zero-order valence-electron chi connectivity index (χ0n) is 9.41. The molecule has 0 radical (unpaired) electrons. The second-order valence-electron chi connectivity index (χ2n) is 3.54. The first-order chi connectivity index (χ1) is 8.08. The predicted octanol–water partition coefficient (Wildman–Crippen LogP) is 2.47. The van der Waals surface area contributed by atoms with Crippen molar-refractivity contribution in [2.24, 2.45) is 0 Å². The van der Waals surface area contributed by atoms with Crippen LogP contribution in [0.5, 0.6) is 0 Å². The molecular weight excluding hydrogens is 244 g/mol. The summed E-state index contributed by atoms with van der Waals surface area (Å²) in [4.78, 5) is 15.8. The number of nitrogens with one attached hydrogen (secondary N) is 1. The summed E-state index contributed by atoms with van der Waals surface area (Å²) < 4.78 is 10.2. The smallest absolute Gasteiger partial charge is 0.256 e. The molecule has 1 N–H and O–H groups in total. The van der Waals surface area contributed by atoms with Crippen molar-refractivity contribution in [2.75, 3.05) is 0 Å². The maximum absolute atomic E-state index is 11.7. The van der Waals surface area contributed by atoms with Crippen molar-refractivity contribution in [2.45, 2.75) is 20.4 Å². The summed E-state index contributed by atoms with van der Waals surface area (Å²) in [5.41, 5.74) is 1.11. The summed E-state index contributed by atoms with van der Waals surface area (Å²) in [7, 11) is 0. The molecule has 2 aromatic heterocycles. The summed E-state index contributed by atoms with van der Waals surface area (Å²) >= 11 is 5.68. The molecule has 5 nitrogen and oxygen atoms in total. The van der Waals surface area contributed by atoms with Crippen LogP contribution < -0.4 is 5.32 Å². The van der Waals surface area contributed by atoms with Crippen molar-refractivity contribution in [3.8, 4) is 0 Å². The number of carbonyl (C=O) groups excluding carboxylic acids is 1. The van der Waals surface area contributed by atoms with E-state index >= 15 is 0 Å². The summed E-state index contributed by atoms with van der Waals surface area (Å²) in [5.74, 6) is 0.890. The van der Waals surface area contributed by atoms with Crippen LogP contribution in [0.4, 0.5) is 0 Å². The minimum atomic E-state index is -0.322. The van der Waals surface area contributed by atoms with Gasteiger partial charge in [0.1, 0.15) is 5.76 Å². The Labute approximate surface area is 103 Å². The van der Waals surface area contributed by atoms with Gasteiger partial charge in [-0.2, -0.15) is 0 Å². The highest BCUT2D eigenvalue weighted by atomic mass is 35.5. The van der Waals surface area contributed by atoms with E-state index in [1.165, 1.54) is 12.3 Å². The number of aryl methyl sites for hydroxylation is 2. The van der Waals surface area contributed by atoms with Gasteiger partial charge in [-0.1, -0.05) is 0 Å². The fourth-order valence-electron chi connectivity index (χ4n) is 1.32. The fraction of sp³-hybridized carbons (Fsp3) is 0.273. The fourth-order valence-corrected chi connectivity index (χ4v) is 1.52. The Kier molecular flexibility index (Phi) is 3.19. The molecule has 0 spiro atoms. The van der Waals surface area contributed by atoms with Crippen LogP contribution >= 0.6 is 11.6 Å². The number of oxazole rings is 1. The minimum Gasteiger partial charge on any atom is -0.452 e. The molecule has 0 bridgehead atoms. The van der Waals surface area contributed by atoms with Gasteiger partial charge in [-0.25, -0.2) is 4.98 Å². The van der Waals surface area contributed by atoms with Crippen LogP contribution in [0.2, 0.25) is 5.22 Å². The molecule has 2 rings (SSSR count). The highest BCUT2D eigenvalue weighted by Gasteiger charge is 2.13. The summed E-state index contributed by atoms with van der Waals surface area (Å²) in [5, 5.41) is 2.71. The van der Waals surface area contributed by atoms with Gasteiger partial charge >= 0.3 is 0 Å². The minimum absolute atomic E-state index is 0.0715. The van der Waals surface area contributed by atoms with E-state index in [2.05, 4.69) is 10.3 Å². The Morgan fingerprint density at radius 2 is 2.29 bits per heavy atom. The van der Waals surface area contributed by atoms with Crippen molar-refractivity contribution in [3.63, 3.8) is 0 Å². The number of aromatic nitrogens is 1. The van der Waals surface area contributed by atoms with Gasteiger partial charge in [-0.15, -0.1) is 0 Å². The Balaban J connectivity index is 1.99. The normalized spacial score (nSPS) is 10.5. The van der Waals surface area contributed by atoms with E-state index in [0.29, 0.717) is 11.5 Å². The van der Waals surface area contributed by atoms with Crippen LogP contribution in [0.1, 0.15) is 27.7 Å². The molecule has 2 aromatic rings. The number of hydrogen-bond donors (Lipinski definition) is 1. The van der Waals surface area contributed by atoms with E-state index in [9.17, 15) is 4.79 Å². The lowest BCUT2D eigenvalue weighted by atomic mass is 10.3. The molecule has 0 aliphatic carbocycles. The molecule has 1 amide bonds. The van der Waals surface area contributed by atoms with Crippen molar-refractivity contribution in [1.29, 1.82) is 0 Å². The maximum atomic E-state index is 11.7. The van der Waals surface area contributed by atoms with Gasteiger partial charge in [0.2, 0.25) is 11.1 Å². The van der Waals surface area contributed by atoms with Crippen molar-refractivity contribution in [1.82, 2.24) is 10.3 Å². The number of carbonyl (C=O) groups is 1. The quantitative estimate of drug-likeness (QED) is 0.914. The lowest BCUT2D eigenvalue weighted by Crippen LogP contribution is -2.22. The molecule has 90 valence electrons. The first-order valence-corrected chi connectivity index (χ1v) is 5.40. The van der Waals surface area contributed by atoms with Crippen LogP contribution in [-0.4, -0.2) is 10.9 Å². The number of furan rings is 1. The largest absolute Gasteiger partial charge is 0.452 e. The topological polar surface area (TPSA) is 68.3 Å². The van der Waals surface area contributed by atoms with Crippen molar-refractivity contribution in [3.05, 3.63) is 40.5 Å². The third-order valence-electron chi connectivity index (χ3n) is 2.34. The van der Waals surface area contributed by atoms with E-state index in [-0.39, 0.29) is 17.7 Å². The average molecular weight is 255 g/mol. The van der Waals surface area contributed by atoms with Crippen LogP contribution in [-0.2, 0) is 6.54 Å². The standard InChI is InChI=1S/C11H11ClN2O3/c1-6-7(2)17-9(14-6)5-13-11(15)8-3-4-16-10(8)12/h3-4H,5H2,1-2H3,(H,13,15). The van der Waals surface area contributed by atoms with E-state index in [1.54, 1.807) is 0 Å². The van der Waals surface area contributed by atoms with Crippen molar-refractivity contribution >= 4 is 17.5 Å². The Bertz CT molecular complexity index is 525. The molecule has 0 saturated carbocycles. The maximum Gasteiger partial charge on any atom is 0.256 e. The summed E-state index contributed by atoms with van der Waals surface area (Å²) in [6.07, 6.45) is 1.36. The van der Waals surface area contributed by atoms with Gasteiger partial charge in [-0.3, -0.25) is 4.79 Å². The first-order valence-electron chi connectivity index (χ1n) is 5.02. The van der Waals surface area contributed by atoms with Crippen LogP contribution in [0.25, 0.3) is 0 Å². The molecule has 0 fully saturated rings. The lowest BCUT2D eigenvalue weighted by Gasteiger charge is -1.99. The summed E-state index contributed by atoms with van der Waals surface area (Å²) in [6, 6.07) is 1.50. The van der Waals surface area contributed by atoms with Gasteiger partial charge < -0.3 is 14.2 Å². The van der Waals surface area contributed by atoms with E-state index in [1.807, 2.05) is 13.8 Å². The highest BCUT2D eigenvalue weighted by molar-refractivity contribution is 6.32. The Morgan fingerprint density at radius 3 is 2.82 bits per heavy atom. The first kappa shape index (κ1) is 11.7. The average Bonchev–Trinajstić information content (AvgIpc) is 2.83. The number of nitrogens with zero attached hydrogens (tertiary/aromatic N) is 1. The summed E-state index contributed by atoms with van der Waals surface area (Å²) in [6.45, 7) is 3.88. The Morgan fingerprint density at radius 1 is 1.53 bits per heavy atom. The molecule has 0 saturated heterocycles. The second-order valence-corrected chi connectivity index (χ2v) is 3.88. The monoisotopic (exact) mass is 254 g/mol. The molecule has 0 aliphatic rings. The van der Waals surface area contributed by atoms with Gasteiger partial charge in [0.25, 0.3) is 5.91 Å². The SMILES string of the molecule is Cc1nc(CNC(=O)c2ccoc2Cl)oc1C. The third-order valence-corrected chi connectivity index (χ3v) is 2.63. The van der Waals surface area contributed by atoms with Gasteiger partial charge in [0, 0.05) is 0 Å². The zero-order valence-corrected chi connectivity index (χ0v) is 10.2. The predicted molar refractivity (Wildman–Crippen MR) is 60.9 cm³/mol. The molecule has 6 heteroatoms. The number of amides is 1. The van der Waals surface area contributed by atoms with Crippen LogP contribution in [0.15, 0.2) is 21.2 Å². The molecule has 0 unspecified atom stereocenters. The van der Waals surface area contributed by atoms with E-state index in [4.69, 9.17) is 20.4 Å². The van der Waals surface area contributed by atoms with Crippen LogP contribution in [0, 0.1) is 13.8 Å². The van der Waals surface area contributed by atoms with Crippen LogP contribution in [0.3, 0.4) is 0 Å². The lowest BCUT2D eigenvalue weighted by molar-refractivity contribution is 0.0946. The van der Waals surface area contributed by atoms with E-state index in [0.717, 1.165) is 11.5 Å². The molecule has 0 atom stereocenters. The van der Waals surface area contributed by atoms with Crippen molar-refractivity contribution < 1.29 is 13.6 Å². The number of rotatable bonds is 3. The number of hydrogen-bond acceptors (Lipinski definition) is 4. The molecule has 17 heavy (non-hydrogen) atoms. The molecular formula is C11H11ClN2O3. The second kappa shape index (κ2) is 4.63. The molecule has 0 aliphatic heterocycles. The van der Waals surface area contributed by atoms with Gasteiger partial charge in [0.05, 0.1) is 24.1 Å². The Hall–Kier alpha value is -1.75. The molecule has 2 heterocycles. The van der Waals surface area contributed by atoms with E-state index < -0.39 is 0 Å². The van der Waals surface area contributed by atoms with Gasteiger partial charge in [0.15, 0.2) is 0 Å². The number of halogens is 1. The third kappa shape index (κ3) is 2.50. The zero-order chi connectivity index (χ0) is 12.4. The van der Waals surface area contributed by atoms with Gasteiger partial charge in [-0.05, 0) is 31.5 Å².